The van der Waals surface area contributed by atoms with E-state index in [2.05, 4.69) is 19.2 Å². The van der Waals surface area contributed by atoms with Crippen LogP contribution in [0.1, 0.15) is 25.8 Å². The maximum atomic E-state index is 13.2. The average Bonchev–Trinajstić information content (AvgIpc) is 2.26. The molecule has 1 N–H and O–H groups in total. The number of halogens is 1. The first-order valence-electron chi connectivity index (χ1n) is 5.68. The quantitative estimate of drug-likeness (QED) is 0.710. The van der Waals surface area contributed by atoms with E-state index < -0.39 is 0 Å². The summed E-state index contributed by atoms with van der Waals surface area (Å²) in [6.07, 6.45) is 1.95. The molecule has 0 spiro atoms. The number of nitrogens with one attached hydrogen (secondary N) is 1. The third kappa shape index (κ3) is 4.43. The molecule has 0 aliphatic carbocycles. The van der Waals surface area contributed by atoms with Crippen molar-refractivity contribution in [3.8, 4) is 0 Å². The van der Waals surface area contributed by atoms with E-state index in [0.29, 0.717) is 5.92 Å². The largest absolute Gasteiger partial charge is 0.316 e. The molecule has 0 amide bonds. The molecule has 0 saturated carbocycles. The molecule has 0 aliphatic heterocycles. The fourth-order valence-electron chi connectivity index (χ4n) is 1.42. The molecule has 0 bridgehead atoms. The average molecular weight is 209 g/mol. The van der Waals surface area contributed by atoms with Gasteiger partial charge in [0.1, 0.15) is 5.82 Å². The number of hydrogen-bond donors (Lipinski definition) is 1. The van der Waals surface area contributed by atoms with Crippen molar-refractivity contribution < 1.29 is 4.39 Å². The second-order valence-corrected chi connectivity index (χ2v) is 4.06. The molecule has 1 atom stereocenters. The summed E-state index contributed by atoms with van der Waals surface area (Å²) in [4.78, 5) is 0. The maximum absolute atomic E-state index is 13.2. The highest BCUT2D eigenvalue weighted by Crippen LogP contribution is 2.06. The smallest absolute Gasteiger partial charge is 0.126 e. The normalized spacial score (nSPS) is 12.7. The van der Waals surface area contributed by atoms with Gasteiger partial charge in [-0.15, -0.1) is 0 Å². The lowest BCUT2D eigenvalue weighted by atomic mass is 10.1. The molecule has 2 heteroatoms. The van der Waals surface area contributed by atoms with Crippen LogP contribution in [0.4, 0.5) is 4.39 Å². The van der Waals surface area contributed by atoms with E-state index in [1.54, 1.807) is 6.07 Å². The first-order valence-corrected chi connectivity index (χ1v) is 5.68. The second kappa shape index (κ2) is 6.57. The highest BCUT2D eigenvalue weighted by molar-refractivity contribution is 5.17. The highest BCUT2D eigenvalue weighted by Gasteiger charge is 2.01. The van der Waals surface area contributed by atoms with Crippen LogP contribution in [-0.2, 0) is 6.42 Å². The number of benzene rings is 1. The molecule has 1 aromatic carbocycles. The van der Waals surface area contributed by atoms with E-state index in [4.69, 9.17) is 0 Å². The Hall–Kier alpha value is -0.890. The predicted molar refractivity (Wildman–Crippen MR) is 62.4 cm³/mol. The molecule has 15 heavy (non-hydrogen) atoms. The van der Waals surface area contributed by atoms with E-state index in [1.807, 2.05) is 12.1 Å². The minimum Gasteiger partial charge on any atom is -0.316 e. The van der Waals surface area contributed by atoms with Crippen molar-refractivity contribution in [1.29, 1.82) is 0 Å². The third-order valence-electron chi connectivity index (χ3n) is 2.72. The molecular formula is C13H20FN. The van der Waals surface area contributed by atoms with Crippen molar-refractivity contribution in [2.75, 3.05) is 13.1 Å². The highest BCUT2D eigenvalue weighted by atomic mass is 19.1. The molecule has 0 radical (unpaired) electrons. The molecule has 0 saturated heterocycles. The Morgan fingerprint density at radius 2 is 2.07 bits per heavy atom. The number of rotatable bonds is 6. The summed E-state index contributed by atoms with van der Waals surface area (Å²) in [6, 6.07) is 6.97. The van der Waals surface area contributed by atoms with E-state index in [1.165, 1.54) is 12.5 Å². The Bertz CT molecular complexity index is 286. The van der Waals surface area contributed by atoms with Crippen molar-refractivity contribution in [3.63, 3.8) is 0 Å². The van der Waals surface area contributed by atoms with Crippen LogP contribution in [0.5, 0.6) is 0 Å². The molecule has 0 aliphatic rings. The van der Waals surface area contributed by atoms with Gasteiger partial charge in [-0.2, -0.15) is 0 Å². The SMILES string of the molecule is CC[C@@H](C)CNCCc1ccccc1F. The first-order chi connectivity index (χ1) is 7.24. The zero-order valence-corrected chi connectivity index (χ0v) is 9.59. The summed E-state index contributed by atoms with van der Waals surface area (Å²) in [5, 5.41) is 3.35. The molecule has 1 nitrogen and oxygen atoms in total. The minimum absolute atomic E-state index is 0.0946. The van der Waals surface area contributed by atoms with Crippen molar-refractivity contribution in [2.45, 2.75) is 26.7 Å². The van der Waals surface area contributed by atoms with Gasteiger partial charge in [-0.1, -0.05) is 38.5 Å². The molecule has 0 fully saturated rings. The Balaban J connectivity index is 2.23. The monoisotopic (exact) mass is 209 g/mol. The Morgan fingerprint density at radius 3 is 2.73 bits per heavy atom. The van der Waals surface area contributed by atoms with Crippen LogP contribution in [0, 0.1) is 11.7 Å². The van der Waals surface area contributed by atoms with Crippen LogP contribution in [0.15, 0.2) is 24.3 Å². The topological polar surface area (TPSA) is 12.0 Å². The molecular weight excluding hydrogens is 189 g/mol. The van der Waals surface area contributed by atoms with Gasteiger partial charge < -0.3 is 5.32 Å². The van der Waals surface area contributed by atoms with Crippen LogP contribution in [0.25, 0.3) is 0 Å². The van der Waals surface area contributed by atoms with Gasteiger partial charge in [-0.05, 0) is 37.1 Å². The van der Waals surface area contributed by atoms with Gasteiger partial charge in [0.2, 0.25) is 0 Å². The van der Waals surface area contributed by atoms with Gasteiger partial charge in [0.25, 0.3) is 0 Å². The van der Waals surface area contributed by atoms with E-state index in [-0.39, 0.29) is 5.82 Å². The van der Waals surface area contributed by atoms with Crippen molar-refractivity contribution in [1.82, 2.24) is 5.32 Å². The Labute approximate surface area is 91.7 Å². The lowest BCUT2D eigenvalue weighted by Crippen LogP contribution is -2.23. The minimum atomic E-state index is -0.0946. The van der Waals surface area contributed by atoms with Gasteiger partial charge in [0.05, 0.1) is 0 Å². The zero-order valence-electron chi connectivity index (χ0n) is 9.59. The van der Waals surface area contributed by atoms with Gasteiger partial charge in [-0.3, -0.25) is 0 Å². The zero-order chi connectivity index (χ0) is 11.1. The van der Waals surface area contributed by atoms with Crippen LogP contribution in [0.2, 0.25) is 0 Å². The summed E-state index contributed by atoms with van der Waals surface area (Å²) >= 11 is 0. The van der Waals surface area contributed by atoms with Crippen LogP contribution in [0.3, 0.4) is 0 Å². The van der Waals surface area contributed by atoms with Gasteiger partial charge in [0, 0.05) is 0 Å². The van der Waals surface area contributed by atoms with Gasteiger partial charge in [-0.25, -0.2) is 4.39 Å². The molecule has 0 heterocycles. The molecule has 84 valence electrons. The summed E-state index contributed by atoms with van der Waals surface area (Å²) in [7, 11) is 0. The summed E-state index contributed by atoms with van der Waals surface area (Å²) in [5.41, 5.74) is 0.800. The van der Waals surface area contributed by atoms with Crippen LogP contribution < -0.4 is 5.32 Å². The third-order valence-corrected chi connectivity index (χ3v) is 2.72. The number of hydrogen-bond acceptors (Lipinski definition) is 1. The van der Waals surface area contributed by atoms with Crippen LogP contribution >= 0.6 is 0 Å². The van der Waals surface area contributed by atoms with Crippen molar-refractivity contribution in [3.05, 3.63) is 35.6 Å². The molecule has 0 aromatic heterocycles. The molecule has 1 rings (SSSR count). The lowest BCUT2D eigenvalue weighted by Gasteiger charge is -2.10. The Kier molecular flexibility index (Phi) is 5.33. The fourth-order valence-corrected chi connectivity index (χ4v) is 1.42. The summed E-state index contributed by atoms with van der Waals surface area (Å²) < 4.78 is 13.2. The molecule has 1 aromatic rings. The predicted octanol–water partition coefficient (Wildman–Crippen LogP) is 3.00. The van der Waals surface area contributed by atoms with E-state index >= 15 is 0 Å². The van der Waals surface area contributed by atoms with Crippen molar-refractivity contribution in [2.24, 2.45) is 5.92 Å². The van der Waals surface area contributed by atoms with E-state index in [9.17, 15) is 4.39 Å². The fraction of sp³-hybridized carbons (Fsp3) is 0.538. The molecule has 0 unspecified atom stereocenters. The van der Waals surface area contributed by atoms with E-state index in [0.717, 1.165) is 25.1 Å². The summed E-state index contributed by atoms with van der Waals surface area (Å²) in [5.74, 6) is 0.605. The maximum Gasteiger partial charge on any atom is 0.126 e. The van der Waals surface area contributed by atoms with Crippen LogP contribution in [-0.4, -0.2) is 13.1 Å². The van der Waals surface area contributed by atoms with Gasteiger partial charge >= 0.3 is 0 Å². The Morgan fingerprint density at radius 1 is 1.33 bits per heavy atom. The first kappa shape index (κ1) is 12.2. The lowest BCUT2D eigenvalue weighted by molar-refractivity contribution is 0.499. The van der Waals surface area contributed by atoms with Crippen molar-refractivity contribution >= 4 is 0 Å². The van der Waals surface area contributed by atoms with Gasteiger partial charge in [0.15, 0.2) is 0 Å². The second-order valence-electron chi connectivity index (χ2n) is 4.06. The summed E-state index contributed by atoms with van der Waals surface area (Å²) in [6.45, 7) is 6.27. The standard InChI is InChI=1S/C13H20FN/c1-3-11(2)10-15-9-8-12-6-4-5-7-13(12)14/h4-7,11,15H,3,8-10H2,1-2H3/t11-/m1/s1.